The number of hydrogen-bond acceptors (Lipinski definition) is 4. The molecule has 1 aromatic carbocycles. The molecule has 0 bridgehead atoms. The largest absolute Gasteiger partial charge is 0.497 e. The SMILES string of the molecule is COc1cc(NC(=O)C2(C(C)C)CCNC2)cc(OC)c1. The molecule has 0 spiro atoms. The molecule has 5 heteroatoms. The highest BCUT2D eigenvalue weighted by atomic mass is 16.5. The third kappa shape index (κ3) is 3.13. The Kier molecular flexibility index (Phi) is 4.73. The Balaban J connectivity index is 2.22. The monoisotopic (exact) mass is 292 g/mol. The van der Waals surface area contributed by atoms with Crippen LogP contribution in [0.3, 0.4) is 0 Å². The topological polar surface area (TPSA) is 59.6 Å². The molecule has 1 amide bonds. The van der Waals surface area contributed by atoms with E-state index in [0.717, 1.165) is 19.5 Å². The van der Waals surface area contributed by atoms with Gasteiger partial charge < -0.3 is 20.1 Å². The molecule has 21 heavy (non-hydrogen) atoms. The van der Waals surface area contributed by atoms with Crippen molar-refractivity contribution in [1.29, 1.82) is 0 Å². The van der Waals surface area contributed by atoms with Gasteiger partial charge in [0.25, 0.3) is 0 Å². The molecule has 1 unspecified atom stereocenters. The number of carbonyl (C=O) groups excluding carboxylic acids is 1. The predicted molar refractivity (Wildman–Crippen MR) is 82.9 cm³/mol. The average Bonchev–Trinajstić information content (AvgIpc) is 2.97. The van der Waals surface area contributed by atoms with Crippen molar-refractivity contribution < 1.29 is 14.3 Å². The maximum atomic E-state index is 12.7. The Bertz CT molecular complexity index is 486. The molecule has 5 nitrogen and oxygen atoms in total. The smallest absolute Gasteiger partial charge is 0.232 e. The van der Waals surface area contributed by atoms with Crippen LogP contribution in [0.5, 0.6) is 11.5 Å². The van der Waals surface area contributed by atoms with Crippen LogP contribution in [0, 0.1) is 11.3 Å². The van der Waals surface area contributed by atoms with Crippen molar-refractivity contribution in [2.75, 3.05) is 32.6 Å². The molecule has 2 N–H and O–H groups in total. The summed E-state index contributed by atoms with van der Waals surface area (Å²) < 4.78 is 10.5. The minimum absolute atomic E-state index is 0.0535. The summed E-state index contributed by atoms with van der Waals surface area (Å²) in [7, 11) is 3.19. The van der Waals surface area contributed by atoms with Gasteiger partial charge in [0, 0.05) is 30.4 Å². The summed E-state index contributed by atoms with van der Waals surface area (Å²) in [6.07, 6.45) is 0.859. The van der Waals surface area contributed by atoms with E-state index in [9.17, 15) is 4.79 Å². The predicted octanol–water partition coefficient (Wildman–Crippen LogP) is 2.28. The zero-order valence-corrected chi connectivity index (χ0v) is 13.2. The van der Waals surface area contributed by atoms with Gasteiger partial charge in [-0.3, -0.25) is 4.79 Å². The van der Waals surface area contributed by atoms with Gasteiger partial charge in [0.2, 0.25) is 5.91 Å². The lowest BCUT2D eigenvalue weighted by Gasteiger charge is -2.31. The molecule has 116 valence electrons. The molecule has 1 fully saturated rings. The summed E-state index contributed by atoms with van der Waals surface area (Å²) in [4.78, 5) is 12.7. The van der Waals surface area contributed by atoms with Crippen LogP contribution in [0.4, 0.5) is 5.69 Å². The molecular formula is C16H24N2O3. The summed E-state index contributed by atoms with van der Waals surface area (Å²) in [5.74, 6) is 1.65. The number of rotatable bonds is 5. The lowest BCUT2D eigenvalue weighted by molar-refractivity contribution is -0.126. The van der Waals surface area contributed by atoms with Crippen LogP contribution in [0.25, 0.3) is 0 Å². The van der Waals surface area contributed by atoms with Crippen molar-refractivity contribution in [1.82, 2.24) is 5.32 Å². The maximum absolute atomic E-state index is 12.7. The van der Waals surface area contributed by atoms with E-state index in [2.05, 4.69) is 24.5 Å². The van der Waals surface area contributed by atoms with Gasteiger partial charge in [-0.25, -0.2) is 0 Å². The van der Waals surface area contributed by atoms with E-state index in [1.807, 2.05) is 0 Å². The highest BCUT2D eigenvalue weighted by molar-refractivity contribution is 5.96. The Morgan fingerprint density at radius 1 is 1.24 bits per heavy atom. The second-order valence-corrected chi connectivity index (χ2v) is 5.79. The highest BCUT2D eigenvalue weighted by Gasteiger charge is 2.43. The molecule has 0 aliphatic carbocycles. The normalized spacial score (nSPS) is 21.4. The maximum Gasteiger partial charge on any atom is 0.232 e. The van der Waals surface area contributed by atoms with Crippen LogP contribution in [0.1, 0.15) is 20.3 Å². The van der Waals surface area contributed by atoms with Crippen LogP contribution in [0.15, 0.2) is 18.2 Å². The second-order valence-electron chi connectivity index (χ2n) is 5.79. The molecule has 1 aliphatic heterocycles. The third-order valence-electron chi connectivity index (χ3n) is 4.36. The molecule has 0 aromatic heterocycles. The summed E-state index contributed by atoms with van der Waals surface area (Å²) in [5, 5.41) is 6.31. The summed E-state index contributed by atoms with van der Waals surface area (Å²) in [5.41, 5.74) is 0.346. The molecule has 1 atom stereocenters. The first kappa shape index (κ1) is 15.6. The zero-order chi connectivity index (χ0) is 15.5. The fourth-order valence-electron chi connectivity index (χ4n) is 2.80. The lowest BCUT2D eigenvalue weighted by atomic mass is 9.75. The molecular weight excluding hydrogens is 268 g/mol. The van der Waals surface area contributed by atoms with Gasteiger partial charge in [0.15, 0.2) is 0 Å². The molecule has 1 saturated heterocycles. The van der Waals surface area contributed by atoms with Gasteiger partial charge in [-0.05, 0) is 18.9 Å². The van der Waals surface area contributed by atoms with E-state index in [1.54, 1.807) is 32.4 Å². The Hall–Kier alpha value is -1.75. The Morgan fingerprint density at radius 2 is 1.86 bits per heavy atom. The first-order valence-corrected chi connectivity index (χ1v) is 7.27. The summed E-state index contributed by atoms with van der Waals surface area (Å²) in [6.45, 7) is 5.79. The lowest BCUT2D eigenvalue weighted by Crippen LogP contribution is -2.42. The quantitative estimate of drug-likeness (QED) is 0.874. The number of ether oxygens (including phenoxy) is 2. The number of methoxy groups -OCH3 is 2. The number of benzene rings is 1. The van der Waals surface area contributed by atoms with Crippen LogP contribution in [0.2, 0.25) is 0 Å². The average molecular weight is 292 g/mol. The molecule has 1 heterocycles. The molecule has 1 aliphatic rings. The van der Waals surface area contributed by atoms with Crippen LogP contribution in [-0.2, 0) is 4.79 Å². The number of carbonyl (C=O) groups is 1. The second kappa shape index (κ2) is 6.35. The molecule has 1 aromatic rings. The fraction of sp³-hybridized carbons (Fsp3) is 0.562. The summed E-state index contributed by atoms with van der Waals surface area (Å²) >= 11 is 0. The first-order chi connectivity index (χ1) is 10.0. The van der Waals surface area contributed by atoms with Gasteiger partial charge >= 0.3 is 0 Å². The van der Waals surface area contributed by atoms with E-state index in [4.69, 9.17) is 9.47 Å². The molecule has 2 rings (SSSR count). The number of nitrogens with one attached hydrogen (secondary N) is 2. The van der Waals surface area contributed by atoms with Crippen LogP contribution in [-0.4, -0.2) is 33.2 Å². The van der Waals surface area contributed by atoms with Gasteiger partial charge in [0.1, 0.15) is 11.5 Å². The van der Waals surface area contributed by atoms with Gasteiger partial charge in [-0.1, -0.05) is 13.8 Å². The highest BCUT2D eigenvalue weighted by Crippen LogP contribution is 2.36. The fourth-order valence-corrected chi connectivity index (χ4v) is 2.80. The van der Waals surface area contributed by atoms with Gasteiger partial charge in [-0.15, -0.1) is 0 Å². The van der Waals surface area contributed by atoms with Crippen molar-refractivity contribution >= 4 is 11.6 Å². The van der Waals surface area contributed by atoms with Crippen molar-refractivity contribution in [3.8, 4) is 11.5 Å². The molecule has 0 radical (unpaired) electrons. The zero-order valence-electron chi connectivity index (χ0n) is 13.2. The van der Waals surface area contributed by atoms with E-state index >= 15 is 0 Å². The standard InChI is InChI=1S/C16H24N2O3/c1-11(2)16(5-6-17-10-16)15(19)18-12-7-13(20-3)9-14(8-12)21-4/h7-9,11,17H,5-6,10H2,1-4H3,(H,18,19). The van der Waals surface area contributed by atoms with E-state index in [0.29, 0.717) is 17.2 Å². The van der Waals surface area contributed by atoms with Crippen molar-refractivity contribution in [2.24, 2.45) is 11.3 Å². The van der Waals surface area contributed by atoms with E-state index < -0.39 is 0 Å². The van der Waals surface area contributed by atoms with Crippen molar-refractivity contribution in [2.45, 2.75) is 20.3 Å². The van der Waals surface area contributed by atoms with E-state index in [1.165, 1.54) is 0 Å². The minimum Gasteiger partial charge on any atom is -0.497 e. The van der Waals surface area contributed by atoms with Crippen molar-refractivity contribution in [3.05, 3.63) is 18.2 Å². The Morgan fingerprint density at radius 3 is 2.29 bits per heavy atom. The minimum atomic E-state index is -0.351. The molecule has 0 saturated carbocycles. The third-order valence-corrected chi connectivity index (χ3v) is 4.36. The van der Waals surface area contributed by atoms with Crippen LogP contribution >= 0.6 is 0 Å². The first-order valence-electron chi connectivity index (χ1n) is 7.27. The number of amides is 1. The van der Waals surface area contributed by atoms with Crippen molar-refractivity contribution in [3.63, 3.8) is 0 Å². The van der Waals surface area contributed by atoms with E-state index in [-0.39, 0.29) is 17.2 Å². The van der Waals surface area contributed by atoms with Crippen LogP contribution < -0.4 is 20.1 Å². The van der Waals surface area contributed by atoms with Gasteiger partial charge in [0.05, 0.1) is 19.6 Å². The number of anilines is 1. The Labute approximate surface area is 126 Å². The van der Waals surface area contributed by atoms with Gasteiger partial charge in [-0.2, -0.15) is 0 Å². The number of hydrogen-bond donors (Lipinski definition) is 2. The summed E-state index contributed by atoms with van der Waals surface area (Å²) in [6, 6.07) is 5.39.